The van der Waals surface area contributed by atoms with Crippen molar-refractivity contribution in [2.24, 2.45) is 0 Å². The number of hydrogen-bond donors (Lipinski definition) is 1. The van der Waals surface area contributed by atoms with Gasteiger partial charge in [-0.25, -0.2) is 4.79 Å². The van der Waals surface area contributed by atoms with Crippen LogP contribution in [-0.4, -0.2) is 23.4 Å². The lowest BCUT2D eigenvalue weighted by Crippen LogP contribution is -2.21. The van der Waals surface area contributed by atoms with Crippen LogP contribution in [0.2, 0.25) is 0 Å². The van der Waals surface area contributed by atoms with E-state index in [-0.39, 0.29) is 11.4 Å². The third kappa shape index (κ3) is 4.76. The minimum absolute atomic E-state index is 0.112. The molecule has 0 fully saturated rings. The first kappa shape index (κ1) is 19.3. The number of anilines is 1. The number of rotatable bonds is 6. The van der Waals surface area contributed by atoms with Crippen LogP contribution in [0.4, 0.5) is 11.4 Å². The van der Waals surface area contributed by atoms with Gasteiger partial charge in [0.25, 0.3) is 11.6 Å². The Labute approximate surface area is 154 Å². The van der Waals surface area contributed by atoms with Crippen molar-refractivity contribution < 1.29 is 19.2 Å². The largest absolute Gasteiger partial charge is 0.452 e. The van der Waals surface area contributed by atoms with E-state index in [1.165, 1.54) is 23.5 Å². The van der Waals surface area contributed by atoms with Gasteiger partial charge in [0, 0.05) is 17.0 Å². The summed E-state index contributed by atoms with van der Waals surface area (Å²) >= 11 is 1.49. The minimum atomic E-state index is -0.664. The zero-order valence-electron chi connectivity index (χ0n) is 14.6. The summed E-state index contributed by atoms with van der Waals surface area (Å²) in [6.07, 6.45) is 2.86. The maximum absolute atomic E-state index is 12.0. The number of hydrogen-bond acceptors (Lipinski definition) is 6. The SMILES string of the molecule is Cc1ccsc1/C=C/C(=O)OCC(=O)Nc1c([N+](=O)[O-])ccc(C)c1C. The monoisotopic (exact) mass is 374 g/mol. The summed E-state index contributed by atoms with van der Waals surface area (Å²) in [5.41, 5.74) is 2.34. The molecule has 0 unspecified atom stereocenters. The van der Waals surface area contributed by atoms with Gasteiger partial charge in [0.1, 0.15) is 5.69 Å². The number of carbonyl (C=O) groups is 2. The van der Waals surface area contributed by atoms with Crippen molar-refractivity contribution in [3.05, 3.63) is 61.3 Å². The summed E-state index contributed by atoms with van der Waals surface area (Å²) in [5, 5.41) is 15.5. The maximum Gasteiger partial charge on any atom is 0.331 e. The quantitative estimate of drug-likeness (QED) is 0.359. The van der Waals surface area contributed by atoms with Gasteiger partial charge in [-0.3, -0.25) is 14.9 Å². The second-order valence-electron chi connectivity index (χ2n) is 5.62. The Bertz CT molecular complexity index is 886. The highest BCUT2D eigenvalue weighted by Crippen LogP contribution is 2.30. The first-order valence-electron chi connectivity index (χ1n) is 7.73. The molecule has 0 atom stereocenters. The summed E-state index contributed by atoms with van der Waals surface area (Å²) in [6.45, 7) is 4.85. The van der Waals surface area contributed by atoms with Crippen LogP contribution in [0.3, 0.4) is 0 Å². The van der Waals surface area contributed by atoms with Gasteiger partial charge < -0.3 is 10.1 Å². The molecule has 1 N–H and O–H groups in total. The summed E-state index contributed by atoms with van der Waals surface area (Å²) in [4.78, 5) is 35.2. The fourth-order valence-electron chi connectivity index (χ4n) is 2.17. The van der Waals surface area contributed by atoms with E-state index in [2.05, 4.69) is 5.32 Å². The number of nitro groups is 1. The molecule has 1 heterocycles. The Kier molecular flexibility index (Phi) is 6.24. The molecule has 1 aromatic carbocycles. The molecule has 1 aromatic heterocycles. The van der Waals surface area contributed by atoms with Crippen LogP contribution in [-0.2, 0) is 14.3 Å². The molecule has 8 heteroatoms. The van der Waals surface area contributed by atoms with E-state index < -0.39 is 23.4 Å². The molecule has 26 heavy (non-hydrogen) atoms. The Morgan fingerprint density at radius 2 is 1.96 bits per heavy atom. The molecule has 0 bridgehead atoms. The average molecular weight is 374 g/mol. The van der Waals surface area contributed by atoms with Crippen LogP contribution in [0.15, 0.2) is 29.7 Å². The van der Waals surface area contributed by atoms with Crippen LogP contribution < -0.4 is 5.32 Å². The average Bonchev–Trinajstić information content (AvgIpc) is 3.00. The molecule has 0 aliphatic rings. The number of esters is 1. The van der Waals surface area contributed by atoms with Gasteiger partial charge in [-0.2, -0.15) is 0 Å². The van der Waals surface area contributed by atoms with Gasteiger partial charge in [-0.05, 0) is 55.0 Å². The number of aryl methyl sites for hydroxylation is 2. The van der Waals surface area contributed by atoms with Crippen molar-refractivity contribution in [1.82, 2.24) is 0 Å². The van der Waals surface area contributed by atoms with E-state index in [0.29, 0.717) is 5.56 Å². The third-order valence-corrected chi connectivity index (χ3v) is 4.78. The molecule has 7 nitrogen and oxygen atoms in total. The molecule has 0 aliphatic heterocycles. The smallest absolute Gasteiger partial charge is 0.331 e. The van der Waals surface area contributed by atoms with Crippen LogP contribution in [0, 0.1) is 30.9 Å². The van der Waals surface area contributed by atoms with E-state index >= 15 is 0 Å². The highest BCUT2D eigenvalue weighted by atomic mass is 32.1. The van der Waals surface area contributed by atoms with Crippen LogP contribution >= 0.6 is 11.3 Å². The van der Waals surface area contributed by atoms with Crippen LogP contribution in [0.25, 0.3) is 6.08 Å². The molecule has 1 amide bonds. The number of nitrogens with zero attached hydrogens (tertiary/aromatic N) is 1. The summed E-state index contributed by atoms with van der Waals surface area (Å²) in [5.74, 6) is -1.31. The van der Waals surface area contributed by atoms with Crippen LogP contribution in [0.5, 0.6) is 0 Å². The lowest BCUT2D eigenvalue weighted by atomic mass is 10.1. The molecule has 2 aromatic rings. The lowest BCUT2D eigenvalue weighted by Gasteiger charge is -2.11. The number of amides is 1. The summed E-state index contributed by atoms with van der Waals surface area (Å²) in [7, 11) is 0. The van der Waals surface area contributed by atoms with Crippen molar-refractivity contribution in [2.45, 2.75) is 20.8 Å². The number of nitro benzene ring substituents is 1. The zero-order chi connectivity index (χ0) is 19.3. The van der Waals surface area contributed by atoms with Crippen molar-refractivity contribution in [1.29, 1.82) is 0 Å². The van der Waals surface area contributed by atoms with E-state index in [9.17, 15) is 19.7 Å². The number of nitrogens with one attached hydrogen (secondary N) is 1. The summed E-state index contributed by atoms with van der Waals surface area (Å²) < 4.78 is 4.88. The van der Waals surface area contributed by atoms with E-state index in [4.69, 9.17) is 4.74 Å². The van der Waals surface area contributed by atoms with Gasteiger partial charge in [-0.1, -0.05) is 6.07 Å². The minimum Gasteiger partial charge on any atom is -0.452 e. The van der Waals surface area contributed by atoms with Gasteiger partial charge in [0.2, 0.25) is 0 Å². The Morgan fingerprint density at radius 1 is 1.23 bits per heavy atom. The zero-order valence-corrected chi connectivity index (χ0v) is 15.4. The highest BCUT2D eigenvalue weighted by molar-refractivity contribution is 7.11. The summed E-state index contributed by atoms with van der Waals surface area (Å²) in [6, 6.07) is 4.87. The van der Waals surface area contributed by atoms with Gasteiger partial charge >= 0.3 is 5.97 Å². The normalized spacial score (nSPS) is 10.7. The Morgan fingerprint density at radius 3 is 2.58 bits per heavy atom. The molecule has 0 aliphatic carbocycles. The lowest BCUT2D eigenvalue weighted by molar-refractivity contribution is -0.384. The van der Waals surface area contributed by atoms with Gasteiger partial charge in [0.15, 0.2) is 6.61 Å². The van der Waals surface area contributed by atoms with Crippen LogP contribution in [0.1, 0.15) is 21.6 Å². The van der Waals surface area contributed by atoms with E-state index in [0.717, 1.165) is 16.0 Å². The highest BCUT2D eigenvalue weighted by Gasteiger charge is 2.19. The molecule has 0 saturated carbocycles. The van der Waals surface area contributed by atoms with Gasteiger partial charge in [0.05, 0.1) is 4.92 Å². The number of benzene rings is 1. The predicted molar refractivity (Wildman–Crippen MR) is 100 cm³/mol. The number of thiophene rings is 1. The fraction of sp³-hybridized carbons (Fsp3) is 0.222. The van der Waals surface area contributed by atoms with E-state index in [1.807, 2.05) is 18.4 Å². The first-order chi connectivity index (χ1) is 12.3. The molecular formula is C18H18N2O5S. The fourth-order valence-corrected chi connectivity index (χ4v) is 2.99. The van der Waals surface area contributed by atoms with Gasteiger partial charge in [-0.15, -0.1) is 11.3 Å². The van der Waals surface area contributed by atoms with Crippen molar-refractivity contribution >= 4 is 40.7 Å². The third-order valence-electron chi connectivity index (χ3n) is 3.79. The Hall–Kier alpha value is -3.00. The second-order valence-corrected chi connectivity index (χ2v) is 6.56. The molecule has 136 valence electrons. The molecule has 0 saturated heterocycles. The standard InChI is InChI=1S/C18H18N2O5S/c1-11-4-5-14(20(23)24)18(13(11)3)19-16(21)10-25-17(22)7-6-15-12(2)8-9-26-15/h4-9H,10H2,1-3H3,(H,19,21)/b7-6+. The second kappa shape index (κ2) is 8.39. The number of carbonyl (C=O) groups excluding carboxylic acids is 2. The molecule has 2 rings (SSSR count). The molecular weight excluding hydrogens is 356 g/mol. The van der Waals surface area contributed by atoms with Crippen molar-refractivity contribution in [2.75, 3.05) is 11.9 Å². The van der Waals surface area contributed by atoms with Crippen molar-refractivity contribution in [3.63, 3.8) is 0 Å². The topological polar surface area (TPSA) is 98.5 Å². The predicted octanol–water partition coefficient (Wildman–Crippen LogP) is 3.78. The molecule has 0 radical (unpaired) electrons. The Balaban J connectivity index is 1.98. The van der Waals surface area contributed by atoms with Crippen molar-refractivity contribution in [3.8, 4) is 0 Å². The number of ether oxygens (including phenoxy) is 1. The first-order valence-corrected chi connectivity index (χ1v) is 8.61. The molecule has 0 spiro atoms. The van der Waals surface area contributed by atoms with E-state index in [1.54, 1.807) is 26.0 Å². The maximum atomic E-state index is 12.0.